The molecule has 1 unspecified atom stereocenters. The van der Waals surface area contributed by atoms with Crippen molar-refractivity contribution >= 4 is 17.6 Å². The van der Waals surface area contributed by atoms with Crippen LogP contribution in [0.15, 0.2) is 24.3 Å². The second kappa shape index (κ2) is 8.56. The summed E-state index contributed by atoms with van der Waals surface area (Å²) < 4.78 is 10.2. The molecule has 0 spiro atoms. The van der Waals surface area contributed by atoms with E-state index in [-0.39, 0.29) is 18.0 Å². The second-order valence-electron chi connectivity index (χ2n) is 5.54. The standard InChI is InChI=1S/C18H25NO4/c1-3-22-17(20)10-7-13-19-15-9-6-5-8-14(15)11-12-16(19)18(21)23-4-2/h5-6,8-9,16H,3-4,7,10-13H2,1-2H3. The van der Waals surface area contributed by atoms with Gasteiger partial charge in [0.1, 0.15) is 6.04 Å². The number of hydrogen-bond donors (Lipinski definition) is 0. The van der Waals surface area contributed by atoms with Crippen molar-refractivity contribution in [3.05, 3.63) is 29.8 Å². The minimum atomic E-state index is -0.271. The molecule has 0 saturated heterocycles. The van der Waals surface area contributed by atoms with Gasteiger partial charge in [0.15, 0.2) is 0 Å². The molecule has 5 heteroatoms. The van der Waals surface area contributed by atoms with Gasteiger partial charge in [-0.1, -0.05) is 18.2 Å². The van der Waals surface area contributed by atoms with Gasteiger partial charge in [-0.3, -0.25) is 4.79 Å². The first kappa shape index (κ1) is 17.3. The maximum absolute atomic E-state index is 12.3. The number of nitrogens with zero attached hydrogens (tertiary/aromatic N) is 1. The van der Waals surface area contributed by atoms with Gasteiger partial charge >= 0.3 is 11.9 Å². The lowest BCUT2D eigenvalue weighted by Gasteiger charge is -2.37. The van der Waals surface area contributed by atoms with Crippen molar-refractivity contribution in [2.45, 2.75) is 45.6 Å². The van der Waals surface area contributed by atoms with Crippen LogP contribution in [0.4, 0.5) is 5.69 Å². The molecule has 2 rings (SSSR count). The van der Waals surface area contributed by atoms with Gasteiger partial charge in [0.25, 0.3) is 0 Å². The minimum absolute atomic E-state index is 0.182. The summed E-state index contributed by atoms with van der Waals surface area (Å²) in [6.07, 6.45) is 2.63. The van der Waals surface area contributed by atoms with Gasteiger partial charge in [-0.05, 0) is 44.7 Å². The van der Waals surface area contributed by atoms with E-state index in [4.69, 9.17) is 9.47 Å². The molecule has 1 aromatic carbocycles. The Balaban J connectivity index is 2.08. The van der Waals surface area contributed by atoms with E-state index in [0.717, 1.165) is 18.5 Å². The lowest BCUT2D eigenvalue weighted by atomic mass is 9.95. The van der Waals surface area contributed by atoms with E-state index in [1.807, 2.05) is 25.1 Å². The van der Waals surface area contributed by atoms with Crippen LogP contribution in [-0.4, -0.2) is 37.7 Å². The molecule has 0 N–H and O–H groups in total. The molecule has 0 radical (unpaired) electrons. The van der Waals surface area contributed by atoms with Crippen molar-refractivity contribution in [2.24, 2.45) is 0 Å². The number of fused-ring (bicyclic) bond motifs is 1. The molecule has 0 aliphatic carbocycles. The van der Waals surface area contributed by atoms with E-state index < -0.39 is 0 Å². The first-order chi connectivity index (χ1) is 11.2. The van der Waals surface area contributed by atoms with E-state index in [1.165, 1.54) is 5.56 Å². The Morgan fingerprint density at radius 1 is 1.17 bits per heavy atom. The fraction of sp³-hybridized carbons (Fsp3) is 0.556. The van der Waals surface area contributed by atoms with Crippen LogP contribution < -0.4 is 4.90 Å². The summed E-state index contributed by atoms with van der Waals surface area (Å²) in [4.78, 5) is 25.9. The van der Waals surface area contributed by atoms with Gasteiger partial charge in [-0.15, -0.1) is 0 Å². The second-order valence-corrected chi connectivity index (χ2v) is 5.54. The molecule has 0 fully saturated rings. The fourth-order valence-corrected chi connectivity index (χ4v) is 3.01. The van der Waals surface area contributed by atoms with Crippen LogP contribution in [0.3, 0.4) is 0 Å². The van der Waals surface area contributed by atoms with Crippen LogP contribution in [-0.2, 0) is 25.5 Å². The zero-order valence-corrected chi connectivity index (χ0v) is 13.9. The Morgan fingerprint density at radius 2 is 1.91 bits per heavy atom. The minimum Gasteiger partial charge on any atom is -0.466 e. The maximum atomic E-state index is 12.3. The first-order valence-electron chi connectivity index (χ1n) is 8.34. The SMILES string of the molecule is CCOC(=O)CCCN1c2ccccc2CCC1C(=O)OCC. The third-order valence-corrected chi connectivity index (χ3v) is 4.01. The van der Waals surface area contributed by atoms with Crippen molar-refractivity contribution in [3.8, 4) is 0 Å². The summed E-state index contributed by atoms with van der Waals surface area (Å²) in [6, 6.07) is 7.84. The van der Waals surface area contributed by atoms with Crippen molar-refractivity contribution in [1.82, 2.24) is 0 Å². The number of benzene rings is 1. The van der Waals surface area contributed by atoms with Gasteiger partial charge in [0, 0.05) is 18.7 Å². The third kappa shape index (κ3) is 4.47. The third-order valence-electron chi connectivity index (χ3n) is 4.01. The number of carbonyl (C=O) groups excluding carboxylic acids is 2. The number of rotatable bonds is 7. The zero-order valence-electron chi connectivity index (χ0n) is 13.9. The number of ether oxygens (including phenoxy) is 2. The van der Waals surface area contributed by atoms with Gasteiger partial charge in [-0.2, -0.15) is 0 Å². The smallest absolute Gasteiger partial charge is 0.328 e. The van der Waals surface area contributed by atoms with E-state index in [2.05, 4.69) is 11.0 Å². The number of para-hydroxylation sites is 1. The number of aryl methyl sites for hydroxylation is 1. The van der Waals surface area contributed by atoms with Crippen LogP contribution >= 0.6 is 0 Å². The van der Waals surface area contributed by atoms with E-state index >= 15 is 0 Å². The predicted octanol–water partition coefficient (Wildman–Crippen LogP) is 2.71. The van der Waals surface area contributed by atoms with Crippen molar-refractivity contribution in [1.29, 1.82) is 0 Å². The van der Waals surface area contributed by atoms with Crippen LogP contribution in [0.2, 0.25) is 0 Å². The summed E-state index contributed by atoms with van der Waals surface area (Å²) in [7, 11) is 0. The quantitative estimate of drug-likeness (QED) is 0.723. The summed E-state index contributed by atoms with van der Waals surface area (Å²) >= 11 is 0. The van der Waals surface area contributed by atoms with Crippen molar-refractivity contribution < 1.29 is 19.1 Å². The maximum Gasteiger partial charge on any atom is 0.328 e. The molecule has 1 atom stereocenters. The summed E-state index contributed by atoms with van der Waals surface area (Å²) in [5.74, 6) is -0.372. The topological polar surface area (TPSA) is 55.8 Å². The van der Waals surface area contributed by atoms with Crippen LogP contribution in [0.25, 0.3) is 0 Å². The zero-order chi connectivity index (χ0) is 16.7. The van der Waals surface area contributed by atoms with Gasteiger partial charge in [0.2, 0.25) is 0 Å². The molecule has 1 aliphatic rings. The average molecular weight is 319 g/mol. The number of esters is 2. The Labute approximate surface area is 137 Å². The molecule has 1 heterocycles. The molecule has 126 valence electrons. The summed E-state index contributed by atoms with van der Waals surface area (Å²) in [5, 5.41) is 0. The number of carbonyl (C=O) groups is 2. The monoisotopic (exact) mass is 319 g/mol. The van der Waals surface area contributed by atoms with E-state index in [9.17, 15) is 9.59 Å². The lowest BCUT2D eigenvalue weighted by molar-refractivity contribution is -0.145. The Morgan fingerprint density at radius 3 is 2.65 bits per heavy atom. The highest BCUT2D eigenvalue weighted by Crippen LogP contribution is 2.31. The highest BCUT2D eigenvalue weighted by Gasteiger charge is 2.32. The van der Waals surface area contributed by atoms with E-state index in [1.54, 1.807) is 6.92 Å². The van der Waals surface area contributed by atoms with Crippen molar-refractivity contribution in [2.75, 3.05) is 24.7 Å². The van der Waals surface area contributed by atoms with Gasteiger partial charge in [0.05, 0.1) is 13.2 Å². The molecule has 0 saturated carbocycles. The van der Waals surface area contributed by atoms with Crippen LogP contribution in [0.1, 0.15) is 38.7 Å². The highest BCUT2D eigenvalue weighted by molar-refractivity contribution is 5.81. The molecule has 1 aliphatic heterocycles. The lowest BCUT2D eigenvalue weighted by Crippen LogP contribution is -2.46. The van der Waals surface area contributed by atoms with Gasteiger partial charge in [-0.25, -0.2) is 4.79 Å². The molecule has 1 aromatic rings. The Bertz CT molecular complexity index is 544. The van der Waals surface area contributed by atoms with Gasteiger partial charge < -0.3 is 14.4 Å². The van der Waals surface area contributed by atoms with Crippen LogP contribution in [0, 0.1) is 0 Å². The molecule has 0 amide bonds. The molecular formula is C18H25NO4. The molecular weight excluding hydrogens is 294 g/mol. The number of hydrogen-bond acceptors (Lipinski definition) is 5. The Kier molecular flexibility index (Phi) is 6.44. The summed E-state index contributed by atoms with van der Waals surface area (Å²) in [6.45, 7) is 5.04. The number of anilines is 1. The fourth-order valence-electron chi connectivity index (χ4n) is 3.01. The molecule has 5 nitrogen and oxygen atoms in total. The largest absolute Gasteiger partial charge is 0.466 e. The van der Waals surface area contributed by atoms with Crippen LogP contribution in [0.5, 0.6) is 0 Å². The Hall–Kier alpha value is -2.04. The normalized spacial score (nSPS) is 16.6. The average Bonchev–Trinajstić information content (AvgIpc) is 2.55. The summed E-state index contributed by atoms with van der Waals surface area (Å²) in [5.41, 5.74) is 2.31. The first-order valence-corrected chi connectivity index (χ1v) is 8.34. The molecule has 0 bridgehead atoms. The molecule has 23 heavy (non-hydrogen) atoms. The van der Waals surface area contributed by atoms with E-state index in [0.29, 0.717) is 32.6 Å². The highest BCUT2D eigenvalue weighted by atomic mass is 16.5. The molecule has 0 aromatic heterocycles. The van der Waals surface area contributed by atoms with Crippen molar-refractivity contribution in [3.63, 3.8) is 0 Å². The predicted molar refractivity (Wildman–Crippen MR) is 88.4 cm³/mol.